The van der Waals surface area contributed by atoms with Crippen LogP contribution in [0, 0.1) is 28.4 Å². The third-order valence-corrected chi connectivity index (χ3v) is 10.5. The first-order valence-electron chi connectivity index (χ1n) is 18.2. The van der Waals surface area contributed by atoms with Crippen molar-refractivity contribution in [2.45, 2.75) is 94.5 Å². The Kier molecular flexibility index (Phi) is 14.1. The van der Waals surface area contributed by atoms with Crippen LogP contribution in [0.15, 0.2) is 54.6 Å². The molecule has 2 aliphatic rings. The van der Waals surface area contributed by atoms with Crippen molar-refractivity contribution in [2.24, 2.45) is 5.41 Å². The molecule has 3 aromatic carbocycles. The molecular weight excluding hydrogens is 823 g/mol. The number of anilines is 1. The summed E-state index contributed by atoms with van der Waals surface area (Å²) in [5.74, 6) is -4.94. The number of aliphatic hydroxyl groups excluding tert-OH is 4. The Morgan fingerprint density at radius 3 is 2.42 bits per heavy atom. The van der Waals surface area contributed by atoms with Crippen molar-refractivity contribution >= 4 is 46.9 Å². The first kappa shape index (κ1) is 45.4. The minimum atomic E-state index is -1.88. The average Bonchev–Trinajstić information content (AvgIpc) is 3.63. The number of hydrogen-bond donors (Lipinski definition) is 6. The molecule has 6 N–H and O–H groups in total. The molecule has 59 heavy (non-hydrogen) atoms. The summed E-state index contributed by atoms with van der Waals surface area (Å²) in [7, 11) is 1.25. The lowest BCUT2D eigenvalue weighted by atomic mass is 9.62. The van der Waals surface area contributed by atoms with E-state index in [2.05, 4.69) is 16.7 Å². The minimum Gasteiger partial charge on any atom is -0.495 e. The molecule has 3 aromatic rings. The van der Waals surface area contributed by atoms with Crippen LogP contribution in [0.2, 0.25) is 10.0 Å². The fourth-order valence-corrected chi connectivity index (χ4v) is 7.77. The summed E-state index contributed by atoms with van der Waals surface area (Å²) in [5, 5.41) is 55.8. The van der Waals surface area contributed by atoms with E-state index in [1.165, 1.54) is 62.6 Å². The molecule has 2 saturated heterocycles. The quantitative estimate of drug-likeness (QED) is 0.107. The first-order chi connectivity index (χ1) is 27.8. The van der Waals surface area contributed by atoms with Gasteiger partial charge in [-0.15, -0.1) is 0 Å². The van der Waals surface area contributed by atoms with E-state index in [1.807, 2.05) is 20.8 Å². The fourth-order valence-electron chi connectivity index (χ4n) is 7.43. The summed E-state index contributed by atoms with van der Waals surface area (Å²) in [6, 6.07) is 11.7. The van der Waals surface area contributed by atoms with Crippen molar-refractivity contribution in [3.05, 3.63) is 93.0 Å². The number of carbonyl (C=O) groups is 3. The highest BCUT2D eigenvalue weighted by Gasteiger charge is 2.61. The lowest BCUT2D eigenvalue weighted by Gasteiger charge is -2.37. The molecular formula is C40H43Cl2F2N3O12. The smallest absolute Gasteiger partial charge is 0.495 e. The maximum atomic E-state index is 16.1. The van der Waals surface area contributed by atoms with Gasteiger partial charge in [-0.2, -0.15) is 5.26 Å². The molecule has 1 amide bonds. The molecule has 15 nitrogen and oxygen atoms in total. The average molecular weight is 867 g/mol. The molecule has 0 radical (unpaired) electrons. The van der Waals surface area contributed by atoms with E-state index in [1.54, 1.807) is 0 Å². The molecule has 2 unspecified atom stereocenters. The molecule has 318 valence electrons. The first-order valence-corrected chi connectivity index (χ1v) is 19.0. The summed E-state index contributed by atoms with van der Waals surface area (Å²) >= 11 is 12.3. The number of esters is 1. The van der Waals surface area contributed by atoms with E-state index in [-0.39, 0.29) is 44.6 Å². The highest BCUT2D eigenvalue weighted by molar-refractivity contribution is 6.31. The Morgan fingerprint density at radius 1 is 1.08 bits per heavy atom. The van der Waals surface area contributed by atoms with Crippen molar-refractivity contribution in [1.29, 1.82) is 5.26 Å². The predicted molar refractivity (Wildman–Crippen MR) is 205 cm³/mol. The van der Waals surface area contributed by atoms with Crippen molar-refractivity contribution in [3.63, 3.8) is 0 Å². The molecule has 0 aromatic heterocycles. The highest BCUT2D eigenvalue weighted by atomic mass is 35.5. The number of rotatable bonds is 12. The third kappa shape index (κ3) is 9.56. The van der Waals surface area contributed by atoms with E-state index in [9.17, 15) is 40.1 Å². The van der Waals surface area contributed by atoms with E-state index < -0.39 is 102 Å². The van der Waals surface area contributed by atoms with Crippen LogP contribution in [0.3, 0.4) is 0 Å². The van der Waals surface area contributed by atoms with Gasteiger partial charge >= 0.3 is 12.1 Å². The number of aliphatic hydroxyl groups is 4. The van der Waals surface area contributed by atoms with Crippen molar-refractivity contribution in [2.75, 3.05) is 19.0 Å². The Morgan fingerprint density at radius 2 is 1.80 bits per heavy atom. The molecule has 19 heteroatoms. The Hall–Kier alpha value is -4.64. The van der Waals surface area contributed by atoms with Crippen LogP contribution in [0.1, 0.15) is 61.5 Å². The highest BCUT2D eigenvalue weighted by Crippen LogP contribution is 2.53. The maximum Gasteiger partial charge on any atom is 0.511 e. The molecule has 5 rings (SSSR count). The number of nitrogens with zero attached hydrogens (tertiary/aromatic N) is 1. The van der Waals surface area contributed by atoms with Crippen molar-refractivity contribution in [3.8, 4) is 11.8 Å². The lowest BCUT2D eigenvalue weighted by Crippen LogP contribution is -2.45. The van der Waals surface area contributed by atoms with Crippen LogP contribution in [-0.2, 0) is 29.2 Å². The van der Waals surface area contributed by atoms with Crippen LogP contribution in [-0.4, -0.2) is 101 Å². The summed E-state index contributed by atoms with van der Waals surface area (Å²) in [6.45, 7) is 6.03. The van der Waals surface area contributed by atoms with Gasteiger partial charge in [-0.25, -0.2) is 18.4 Å². The number of methoxy groups -OCH3 is 1. The van der Waals surface area contributed by atoms with Gasteiger partial charge in [0, 0.05) is 29.5 Å². The summed E-state index contributed by atoms with van der Waals surface area (Å²) in [6.07, 6.45) is -11.2. The maximum absolute atomic E-state index is 16.1. The zero-order chi connectivity index (χ0) is 43.6. The monoisotopic (exact) mass is 865 g/mol. The molecule has 0 bridgehead atoms. The van der Waals surface area contributed by atoms with Crippen LogP contribution in [0.5, 0.6) is 5.75 Å². The van der Waals surface area contributed by atoms with E-state index >= 15 is 8.78 Å². The molecule has 2 aliphatic heterocycles. The van der Waals surface area contributed by atoms with Gasteiger partial charge in [0.1, 0.15) is 41.1 Å². The number of nitriles is 1. The van der Waals surface area contributed by atoms with Gasteiger partial charge in [-0.1, -0.05) is 62.2 Å². The molecule has 10 atom stereocenters. The minimum absolute atomic E-state index is 0.0349. The van der Waals surface area contributed by atoms with E-state index in [4.69, 9.17) is 46.9 Å². The van der Waals surface area contributed by atoms with Gasteiger partial charge < -0.3 is 54.7 Å². The van der Waals surface area contributed by atoms with Crippen LogP contribution >= 0.6 is 23.2 Å². The Balaban J connectivity index is 1.40. The molecule has 2 heterocycles. The number of nitrogens with one attached hydrogen (secondary N) is 2. The fraction of sp³-hybridized carbons (Fsp3) is 0.450. The number of carbonyl (C=O) groups excluding carboxylic acids is 3. The van der Waals surface area contributed by atoms with E-state index in [0.717, 1.165) is 6.07 Å². The van der Waals surface area contributed by atoms with Gasteiger partial charge in [0.25, 0.3) is 0 Å². The Labute approximate surface area is 347 Å². The molecule has 2 fully saturated rings. The van der Waals surface area contributed by atoms with Crippen molar-refractivity contribution in [1.82, 2.24) is 5.32 Å². The Bertz CT molecular complexity index is 2100. The summed E-state index contributed by atoms with van der Waals surface area (Å²) in [4.78, 5) is 40.0. The van der Waals surface area contributed by atoms with Crippen LogP contribution in [0.4, 0.5) is 19.3 Å². The number of halogens is 4. The summed E-state index contributed by atoms with van der Waals surface area (Å²) in [5.41, 5.74) is -2.68. The van der Waals surface area contributed by atoms with Crippen LogP contribution < -0.4 is 15.4 Å². The predicted octanol–water partition coefficient (Wildman–Crippen LogP) is 4.70. The zero-order valence-corrected chi connectivity index (χ0v) is 33.8. The van der Waals surface area contributed by atoms with Gasteiger partial charge in [0.2, 0.25) is 12.2 Å². The molecule has 0 spiro atoms. The topological polar surface area (TPSA) is 226 Å². The van der Waals surface area contributed by atoms with Gasteiger partial charge in [-0.3, -0.25) is 4.79 Å². The second kappa shape index (κ2) is 18.3. The van der Waals surface area contributed by atoms with Gasteiger partial charge in [0.15, 0.2) is 12.4 Å². The zero-order valence-electron chi connectivity index (χ0n) is 32.3. The normalized spacial score (nSPS) is 26.3. The number of ether oxygens (including phenoxy) is 5. The number of amides is 1. The molecule has 0 aliphatic carbocycles. The van der Waals surface area contributed by atoms with E-state index in [0.29, 0.717) is 0 Å². The molecule has 0 saturated carbocycles. The number of hydrogen-bond acceptors (Lipinski definition) is 14. The van der Waals surface area contributed by atoms with Crippen molar-refractivity contribution < 1.29 is 67.3 Å². The standard InChI is InChI=1S/C40H43Cl2F2N3O12/c1-18(57-38(54)59-34-32(50)37(53)58-33(34)26(49)16-48)56-36(52)19-9-12-25(27(13-19)55-5)46-35(51)31-29(21-7-6-8-23(42)30(21)44)40(17-45,28(47-31)15-39(2,3)4)22-11-10-20(41)14-24(22)43/h6-14,18,26,28-29,31-34,37,47-50,53H,15-16H2,1-5H3,(H,46,51)/t18?,26?,28-,29-,31+,32+,33+,34+,37-,40-/m0/s1. The third-order valence-electron chi connectivity index (χ3n) is 10.0. The second-order valence-corrected chi connectivity index (χ2v) is 16.1. The van der Waals surface area contributed by atoms with Crippen LogP contribution in [0.25, 0.3) is 0 Å². The number of benzene rings is 3. The SMILES string of the molecule is COc1cc(C(=O)OC(C)OC(=O)O[C@@H]2[C@@H](O)[C@@H](O)O[C@@H]2C(O)CO)ccc1NC(=O)[C@@H]1N[C@@H](CC(C)(C)C)[C@](C#N)(c2ccc(Cl)cc2F)[C@H]1c1cccc(Cl)c1F. The lowest BCUT2D eigenvalue weighted by molar-refractivity contribution is -0.151. The van der Waals surface area contributed by atoms with Gasteiger partial charge in [0.05, 0.1) is 42.1 Å². The largest absolute Gasteiger partial charge is 0.511 e. The second-order valence-electron chi connectivity index (χ2n) is 15.2. The summed E-state index contributed by atoms with van der Waals surface area (Å²) < 4.78 is 57.5. The van der Waals surface area contributed by atoms with Gasteiger partial charge in [-0.05, 0) is 53.8 Å².